The van der Waals surface area contributed by atoms with Crippen molar-refractivity contribution in [1.29, 1.82) is 0 Å². The fraction of sp³-hybridized carbons (Fsp3) is 0. The highest BCUT2D eigenvalue weighted by Gasteiger charge is 2.19. The van der Waals surface area contributed by atoms with Crippen LogP contribution in [0.4, 0.5) is 5.69 Å². The molecule has 3 aromatic rings. The number of hydrogen-bond acceptors (Lipinski definition) is 6. The number of carbonyl (C=O) groups is 2. The number of rotatable bonds is 5. The van der Waals surface area contributed by atoms with Gasteiger partial charge >= 0.3 is 11.9 Å². The summed E-state index contributed by atoms with van der Waals surface area (Å²) in [6.07, 6.45) is 0. The van der Waals surface area contributed by atoms with E-state index in [1.807, 2.05) is 0 Å². The van der Waals surface area contributed by atoms with Crippen LogP contribution in [0.1, 0.15) is 20.7 Å². The van der Waals surface area contributed by atoms with Gasteiger partial charge in [0.25, 0.3) is 5.69 Å². The first-order valence-corrected chi connectivity index (χ1v) is 7.87. The van der Waals surface area contributed by atoms with Crippen LogP contribution in [0.3, 0.4) is 0 Å². The number of carbonyl (C=O) groups excluding carboxylic acids is 2. The lowest BCUT2D eigenvalue weighted by Crippen LogP contribution is -2.14. The molecule has 3 aromatic carbocycles. The van der Waals surface area contributed by atoms with Crippen molar-refractivity contribution >= 4 is 17.6 Å². The average Bonchev–Trinajstić information content (AvgIpc) is 2.69. The summed E-state index contributed by atoms with van der Waals surface area (Å²) in [5.41, 5.74) is -0.184. The molecule has 0 spiro atoms. The Morgan fingerprint density at radius 3 is 2.22 bits per heavy atom. The SMILES string of the molecule is O=C(Oc1ccccc1C(=O)Oc1ccccc1)c1cccc([N+](=O)[O-])c1. The molecule has 0 N–H and O–H groups in total. The van der Waals surface area contributed by atoms with Crippen LogP contribution in [-0.2, 0) is 0 Å². The Balaban J connectivity index is 1.81. The number of nitro benzene ring substituents is 1. The van der Waals surface area contributed by atoms with Crippen molar-refractivity contribution in [3.63, 3.8) is 0 Å². The molecule has 0 aliphatic heterocycles. The first-order chi connectivity index (χ1) is 13.0. The molecule has 0 heterocycles. The number of non-ortho nitro benzene ring substituents is 1. The van der Waals surface area contributed by atoms with Gasteiger partial charge in [-0.15, -0.1) is 0 Å². The van der Waals surface area contributed by atoms with Gasteiger partial charge in [0.2, 0.25) is 0 Å². The standard InChI is InChI=1S/C20H13NO6/c22-19(14-7-6-8-15(13-14)21(24)25)27-18-12-5-4-11-17(18)20(23)26-16-9-2-1-3-10-16/h1-13H. The van der Waals surface area contributed by atoms with Crippen molar-refractivity contribution < 1.29 is 24.0 Å². The molecule has 0 aliphatic carbocycles. The number of benzene rings is 3. The number of nitrogens with zero attached hydrogens (tertiary/aromatic N) is 1. The van der Waals surface area contributed by atoms with E-state index < -0.39 is 16.9 Å². The minimum atomic E-state index is -0.821. The first kappa shape index (κ1) is 17.8. The zero-order valence-electron chi connectivity index (χ0n) is 13.9. The molecule has 134 valence electrons. The highest BCUT2D eigenvalue weighted by atomic mass is 16.6. The van der Waals surface area contributed by atoms with Gasteiger partial charge in [0.1, 0.15) is 17.1 Å². The molecule has 0 aromatic heterocycles. The van der Waals surface area contributed by atoms with E-state index in [-0.39, 0.29) is 22.6 Å². The van der Waals surface area contributed by atoms with Gasteiger partial charge in [0.05, 0.1) is 10.5 Å². The fourth-order valence-electron chi connectivity index (χ4n) is 2.28. The lowest BCUT2D eigenvalue weighted by Gasteiger charge is -2.10. The number of hydrogen-bond donors (Lipinski definition) is 0. The van der Waals surface area contributed by atoms with E-state index in [1.165, 1.54) is 30.3 Å². The molecule has 0 atom stereocenters. The molecule has 0 saturated carbocycles. The minimum absolute atomic E-state index is 0.00423. The number of nitro groups is 1. The van der Waals surface area contributed by atoms with Crippen molar-refractivity contribution in [1.82, 2.24) is 0 Å². The number of ether oxygens (including phenoxy) is 2. The molecule has 0 radical (unpaired) electrons. The molecular weight excluding hydrogens is 350 g/mol. The van der Waals surface area contributed by atoms with Gasteiger partial charge in [-0.2, -0.15) is 0 Å². The van der Waals surface area contributed by atoms with Crippen molar-refractivity contribution in [2.45, 2.75) is 0 Å². The largest absolute Gasteiger partial charge is 0.423 e. The molecule has 3 rings (SSSR count). The normalized spacial score (nSPS) is 10.1. The molecule has 0 amide bonds. The zero-order valence-corrected chi connectivity index (χ0v) is 13.9. The molecular formula is C20H13NO6. The van der Waals surface area contributed by atoms with Crippen LogP contribution in [0.25, 0.3) is 0 Å². The lowest BCUT2D eigenvalue weighted by atomic mass is 10.2. The summed E-state index contributed by atoms with van der Waals surface area (Å²) in [6.45, 7) is 0. The van der Waals surface area contributed by atoms with Crippen LogP contribution in [0, 0.1) is 10.1 Å². The second-order valence-electron chi connectivity index (χ2n) is 5.40. The van der Waals surface area contributed by atoms with Gasteiger partial charge in [-0.1, -0.05) is 36.4 Å². The molecule has 27 heavy (non-hydrogen) atoms. The predicted octanol–water partition coefficient (Wildman–Crippen LogP) is 4.03. The third kappa shape index (κ3) is 4.35. The van der Waals surface area contributed by atoms with E-state index >= 15 is 0 Å². The van der Waals surface area contributed by atoms with Gasteiger partial charge in [-0.3, -0.25) is 10.1 Å². The van der Waals surface area contributed by atoms with Crippen LogP contribution in [0.15, 0.2) is 78.9 Å². The van der Waals surface area contributed by atoms with Crippen molar-refractivity contribution in [2.24, 2.45) is 0 Å². The van der Waals surface area contributed by atoms with Gasteiger partial charge in [-0.25, -0.2) is 9.59 Å². The fourth-order valence-corrected chi connectivity index (χ4v) is 2.28. The van der Waals surface area contributed by atoms with Gasteiger partial charge < -0.3 is 9.47 Å². The molecule has 0 unspecified atom stereocenters. The molecule has 7 heteroatoms. The second-order valence-corrected chi connectivity index (χ2v) is 5.40. The predicted molar refractivity (Wildman–Crippen MR) is 95.9 cm³/mol. The highest BCUT2D eigenvalue weighted by Crippen LogP contribution is 2.22. The Morgan fingerprint density at radius 1 is 0.778 bits per heavy atom. The van der Waals surface area contributed by atoms with Gasteiger partial charge in [0.15, 0.2) is 0 Å². The topological polar surface area (TPSA) is 95.7 Å². The summed E-state index contributed by atoms with van der Waals surface area (Å²) in [5.74, 6) is -1.17. The highest BCUT2D eigenvalue weighted by molar-refractivity contribution is 5.97. The molecule has 0 fully saturated rings. The van der Waals surface area contributed by atoms with Gasteiger partial charge in [0, 0.05) is 12.1 Å². The third-order valence-corrected chi connectivity index (χ3v) is 3.56. The maximum absolute atomic E-state index is 12.4. The second kappa shape index (κ2) is 7.92. The van der Waals surface area contributed by atoms with Crippen LogP contribution >= 0.6 is 0 Å². The van der Waals surface area contributed by atoms with E-state index in [1.54, 1.807) is 42.5 Å². The zero-order chi connectivity index (χ0) is 19.2. The van der Waals surface area contributed by atoms with E-state index in [0.717, 1.165) is 6.07 Å². The van der Waals surface area contributed by atoms with Crippen molar-refractivity contribution in [3.8, 4) is 11.5 Å². The Labute approximate surface area is 153 Å². The minimum Gasteiger partial charge on any atom is -0.423 e. The Morgan fingerprint density at radius 2 is 1.48 bits per heavy atom. The Hall–Kier alpha value is -4.00. The van der Waals surface area contributed by atoms with E-state index in [0.29, 0.717) is 5.75 Å². The van der Waals surface area contributed by atoms with Crippen LogP contribution in [0.2, 0.25) is 0 Å². The molecule has 7 nitrogen and oxygen atoms in total. The monoisotopic (exact) mass is 363 g/mol. The van der Waals surface area contributed by atoms with E-state index in [9.17, 15) is 19.7 Å². The molecule has 0 bridgehead atoms. The summed E-state index contributed by atoms with van der Waals surface area (Å²) in [4.78, 5) is 35.0. The third-order valence-electron chi connectivity index (χ3n) is 3.56. The quantitative estimate of drug-likeness (QED) is 0.294. The lowest BCUT2D eigenvalue weighted by molar-refractivity contribution is -0.384. The smallest absolute Gasteiger partial charge is 0.347 e. The summed E-state index contributed by atoms with van der Waals surface area (Å²) in [7, 11) is 0. The van der Waals surface area contributed by atoms with E-state index in [4.69, 9.17) is 9.47 Å². The summed E-state index contributed by atoms with van der Waals surface area (Å²) in [6, 6.07) is 19.7. The molecule has 0 aliphatic rings. The van der Waals surface area contributed by atoms with Crippen LogP contribution < -0.4 is 9.47 Å². The van der Waals surface area contributed by atoms with E-state index in [2.05, 4.69) is 0 Å². The number of para-hydroxylation sites is 2. The van der Waals surface area contributed by atoms with Crippen molar-refractivity contribution in [3.05, 3.63) is 100 Å². The summed E-state index contributed by atoms with van der Waals surface area (Å²) >= 11 is 0. The van der Waals surface area contributed by atoms with Crippen LogP contribution in [0.5, 0.6) is 11.5 Å². The maximum atomic E-state index is 12.4. The summed E-state index contributed by atoms with van der Waals surface area (Å²) < 4.78 is 10.5. The maximum Gasteiger partial charge on any atom is 0.347 e. The number of esters is 2. The van der Waals surface area contributed by atoms with Crippen LogP contribution in [-0.4, -0.2) is 16.9 Å². The molecule has 0 saturated heterocycles. The first-order valence-electron chi connectivity index (χ1n) is 7.87. The average molecular weight is 363 g/mol. The van der Waals surface area contributed by atoms with Gasteiger partial charge in [-0.05, 0) is 30.3 Å². The van der Waals surface area contributed by atoms with Crippen molar-refractivity contribution in [2.75, 3.05) is 0 Å². The Bertz CT molecular complexity index is 1000. The Kier molecular flexibility index (Phi) is 5.22. The summed E-state index contributed by atoms with van der Waals surface area (Å²) in [5, 5.41) is 10.8.